The van der Waals surface area contributed by atoms with E-state index in [1.807, 2.05) is 45.2 Å². The molecule has 0 amide bonds. The van der Waals surface area contributed by atoms with Crippen LogP contribution in [0.4, 0.5) is 0 Å². The van der Waals surface area contributed by atoms with Crippen molar-refractivity contribution in [3.63, 3.8) is 0 Å². The second-order valence-corrected chi connectivity index (χ2v) is 9.12. The molecule has 0 aliphatic rings. The fraction of sp³-hybridized carbons (Fsp3) is 0.0714. The molecule has 0 saturated heterocycles. The fourth-order valence-corrected chi connectivity index (χ4v) is 5.47. The van der Waals surface area contributed by atoms with Gasteiger partial charge in [0.2, 0.25) is 0 Å². The number of carbonyl (C=O) groups is 1. The average Bonchev–Trinajstić information content (AvgIpc) is 2.47. The molecule has 122 valence electrons. The minimum Gasteiger partial charge on any atom is -0.506 e. The molecule has 4 N–H and O–H groups in total. The van der Waals surface area contributed by atoms with Gasteiger partial charge in [-0.3, -0.25) is 4.79 Å². The van der Waals surface area contributed by atoms with Crippen molar-refractivity contribution in [2.24, 2.45) is 5.73 Å². The lowest BCUT2D eigenvalue weighted by atomic mass is 10.1. The largest absolute Gasteiger partial charge is 0.506 e. The molecule has 2 aromatic rings. The highest BCUT2D eigenvalue weighted by molar-refractivity contribution is 14.1. The van der Waals surface area contributed by atoms with Crippen LogP contribution in [0.1, 0.15) is 11.6 Å². The lowest BCUT2D eigenvalue weighted by Crippen LogP contribution is -2.20. The highest BCUT2D eigenvalue weighted by Gasteiger charge is 2.19. The Bertz CT molecular complexity index is 735. The number of ether oxygens (including phenoxy) is 1. The molecule has 0 aromatic heterocycles. The highest BCUT2D eigenvalue weighted by atomic mass is 127. The number of aromatic hydroxyl groups is 1. The van der Waals surface area contributed by atoms with Crippen LogP contribution < -0.4 is 10.5 Å². The molecular weight excluding hydrogens is 754 g/mol. The van der Waals surface area contributed by atoms with Crippen LogP contribution in [0.25, 0.3) is 0 Å². The number of benzene rings is 2. The third kappa shape index (κ3) is 4.72. The molecule has 0 bridgehead atoms. The minimum atomic E-state index is -1.08. The van der Waals surface area contributed by atoms with Gasteiger partial charge in [0.05, 0.1) is 14.3 Å². The van der Waals surface area contributed by atoms with Gasteiger partial charge in [-0.25, -0.2) is 0 Å². The standard InChI is InChI=1S/C14H9I4NO4/c15-7-3-6(4-8(16)12(7)20)23-13-9(17)1-5(2-10(13)18)11(19)14(21)22/h1-4,11,20H,19H2,(H,21,22). The van der Waals surface area contributed by atoms with Crippen molar-refractivity contribution in [3.05, 3.63) is 44.1 Å². The van der Waals surface area contributed by atoms with Crippen molar-refractivity contribution in [2.45, 2.75) is 6.04 Å². The van der Waals surface area contributed by atoms with E-state index < -0.39 is 12.0 Å². The van der Waals surface area contributed by atoms with E-state index in [0.29, 0.717) is 24.2 Å². The van der Waals surface area contributed by atoms with Crippen LogP contribution >= 0.6 is 90.4 Å². The molecule has 0 aliphatic heterocycles. The Kier molecular flexibility index (Phi) is 7.01. The van der Waals surface area contributed by atoms with Crippen LogP contribution in [-0.4, -0.2) is 16.2 Å². The number of hydrogen-bond acceptors (Lipinski definition) is 4. The van der Waals surface area contributed by atoms with Gasteiger partial charge in [0, 0.05) is 0 Å². The summed E-state index contributed by atoms with van der Waals surface area (Å²) in [5.41, 5.74) is 6.18. The number of nitrogens with two attached hydrogens (primary N) is 1. The van der Waals surface area contributed by atoms with Crippen molar-refractivity contribution in [3.8, 4) is 17.2 Å². The summed E-state index contributed by atoms with van der Waals surface area (Å²) in [6.45, 7) is 0. The Labute approximate surface area is 186 Å². The molecule has 0 saturated carbocycles. The van der Waals surface area contributed by atoms with Crippen molar-refractivity contribution >= 4 is 96.3 Å². The quantitative estimate of drug-likeness (QED) is 0.394. The van der Waals surface area contributed by atoms with E-state index in [9.17, 15) is 9.90 Å². The predicted molar refractivity (Wildman–Crippen MR) is 120 cm³/mol. The summed E-state index contributed by atoms with van der Waals surface area (Å²) in [5.74, 6) is 0.381. The first-order valence-electron chi connectivity index (χ1n) is 6.04. The van der Waals surface area contributed by atoms with Gasteiger partial charge >= 0.3 is 5.97 Å². The summed E-state index contributed by atoms with van der Waals surface area (Å²) >= 11 is 8.25. The number of rotatable bonds is 4. The van der Waals surface area contributed by atoms with E-state index in [1.54, 1.807) is 24.3 Å². The Morgan fingerprint density at radius 2 is 1.48 bits per heavy atom. The maximum atomic E-state index is 11.0. The second kappa shape index (κ2) is 8.18. The third-order valence-corrected chi connectivity index (χ3v) is 6.10. The first kappa shape index (κ1) is 19.7. The van der Waals surface area contributed by atoms with E-state index in [0.717, 1.165) is 7.14 Å². The van der Waals surface area contributed by atoms with Crippen molar-refractivity contribution < 1.29 is 19.7 Å². The first-order chi connectivity index (χ1) is 10.7. The smallest absolute Gasteiger partial charge is 0.325 e. The zero-order valence-corrected chi connectivity index (χ0v) is 19.8. The van der Waals surface area contributed by atoms with Crippen LogP contribution in [0.15, 0.2) is 24.3 Å². The maximum absolute atomic E-state index is 11.0. The Hall–Kier alpha value is 0.390. The lowest BCUT2D eigenvalue weighted by Gasteiger charge is -2.14. The summed E-state index contributed by atoms with van der Waals surface area (Å²) < 4.78 is 8.84. The van der Waals surface area contributed by atoms with Crippen LogP contribution in [0.5, 0.6) is 17.2 Å². The Balaban J connectivity index is 2.40. The SMILES string of the molecule is NC(C(=O)O)c1cc(I)c(Oc2cc(I)c(O)c(I)c2)c(I)c1. The van der Waals surface area contributed by atoms with Gasteiger partial charge in [0.15, 0.2) is 5.75 Å². The van der Waals surface area contributed by atoms with Crippen LogP contribution in [0.2, 0.25) is 0 Å². The molecular formula is C14H9I4NO4. The first-order valence-corrected chi connectivity index (χ1v) is 10.4. The minimum absolute atomic E-state index is 0.228. The normalized spacial score (nSPS) is 12.0. The van der Waals surface area contributed by atoms with Gasteiger partial charge in [-0.2, -0.15) is 0 Å². The molecule has 5 nitrogen and oxygen atoms in total. The lowest BCUT2D eigenvalue weighted by molar-refractivity contribution is -0.138. The molecule has 0 fully saturated rings. The number of phenols is 1. The number of aliphatic carboxylic acids is 1. The molecule has 0 spiro atoms. The zero-order chi connectivity index (χ0) is 17.3. The zero-order valence-electron chi connectivity index (χ0n) is 11.2. The number of carboxylic acids is 1. The van der Waals surface area contributed by atoms with E-state index in [1.165, 1.54) is 0 Å². The fourth-order valence-electron chi connectivity index (χ4n) is 1.72. The van der Waals surface area contributed by atoms with E-state index in [2.05, 4.69) is 45.2 Å². The Morgan fingerprint density at radius 1 is 1.00 bits per heavy atom. The molecule has 9 heteroatoms. The molecule has 1 unspecified atom stereocenters. The van der Waals surface area contributed by atoms with Crippen molar-refractivity contribution in [1.82, 2.24) is 0 Å². The molecule has 0 radical (unpaired) electrons. The van der Waals surface area contributed by atoms with Gasteiger partial charge in [0.1, 0.15) is 17.5 Å². The molecule has 1 atom stereocenters. The molecule has 2 rings (SSSR count). The van der Waals surface area contributed by atoms with E-state index >= 15 is 0 Å². The average molecular weight is 763 g/mol. The number of phenolic OH excluding ortho intramolecular Hbond substituents is 1. The van der Waals surface area contributed by atoms with Crippen molar-refractivity contribution in [1.29, 1.82) is 0 Å². The molecule has 0 aliphatic carbocycles. The van der Waals surface area contributed by atoms with E-state index in [4.69, 9.17) is 15.6 Å². The topological polar surface area (TPSA) is 92.8 Å². The highest BCUT2D eigenvalue weighted by Crippen LogP contribution is 2.37. The summed E-state index contributed by atoms with van der Waals surface area (Å²) in [7, 11) is 0. The monoisotopic (exact) mass is 763 g/mol. The summed E-state index contributed by atoms with van der Waals surface area (Å²) in [6.07, 6.45) is 0. The van der Waals surface area contributed by atoms with Gasteiger partial charge in [-0.15, -0.1) is 0 Å². The van der Waals surface area contributed by atoms with Gasteiger partial charge in [0.25, 0.3) is 0 Å². The van der Waals surface area contributed by atoms with Crippen molar-refractivity contribution in [2.75, 3.05) is 0 Å². The van der Waals surface area contributed by atoms with Gasteiger partial charge in [-0.05, 0) is 120 Å². The van der Waals surface area contributed by atoms with Gasteiger partial charge in [-0.1, -0.05) is 0 Å². The third-order valence-electron chi connectivity index (χ3n) is 2.86. The van der Waals surface area contributed by atoms with Crippen LogP contribution in [0.3, 0.4) is 0 Å². The number of halogens is 4. The molecule has 23 heavy (non-hydrogen) atoms. The second-order valence-electron chi connectivity index (χ2n) is 4.47. The number of carboxylic acid groups (broad SMARTS) is 1. The van der Waals surface area contributed by atoms with Crippen LogP contribution in [-0.2, 0) is 4.79 Å². The maximum Gasteiger partial charge on any atom is 0.325 e. The predicted octanol–water partition coefficient (Wildman–Crippen LogP) is 4.69. The molecule has 2 aromatic carbocycles. The summed E-state index contributed by atoms with van der Waals surface area (Å²) in [5, 5.41) is 18.8. The molecule has 0 heterocycles. The number of hydrogen-bond donors (Lipinski definition) is 3. The van der Waals surface area contributed by atoms with E-state index in [-0.39, 0.29) is 5.75 Å². The van der Waals surface area contributed by atoms with Crippen LogP contribution in [0, 0.1) is 14.3 Å². The summed E-state index contributed by atoms with van der Waals surface area (Å²) in [4.78, 5) is 11.0. The van der Waals surface area contributed by atoms with Gasteiger partial charge < -0.3 is 20.7 Å². The Morgan fingerprint density at radius 3 is 1.91 bits per heavy atom. The summed E-state index contributed by atoms with van der Waals surface area (Å²) in [6, 6.07) is 5.81.